The van der Waals surface area contributed by atoms with E-state index in [2.05, 4.69) is 0 Å². The Kier molecular flexibility index (Phi) is 5.33. The van der Waals surface area contributed by atoms with Crippen molar-refractivity contribution in [1.82, 2.24) is 0 Å². The molecule has 4 nitrogen and oxygen atoms in total. The molecule has 1 aliphatic heterocycles. The Morgan fingerprint density at radius 2 is 1.77 bits per heavy atom. The van der Waals surface area contributed by atoms with Crippen LogP contribution < -0.4 is 4.74 Å². The molecular formula is C18H26O4. The van der Waals surface area contributed by atoms with Crippen molar-refractivity contribution in [1.29, 1.82) is 0 Å². The number of hydrogen-bond acceptors (Lipinski definition) is 4. The molecule has 1 atom stereocenters. The van der Waals surface area contributed by atoms with Gasteiger partial charge in [0.1, 0.15) is 11.5 Å². The first kappa shape index (κ1) is 16.7. The van der Waals surface area contributed by atoms with E-state index in [1.807, 2.05) is 27.7 Å². The number of fused-ring (bicyclic) bond motifs is 1. The zero-order valence-electron chi connectivity index (χ0n) is 14.0. The van der Waals surface area contributed by atoms with Gasteiger partial charge >= 0.3 is 5.97 Å². The second kappa shape index (κ2) is 7.03. The average Bonchev–Trinajstić information content (AvgIpc) is 2.47. The third kappa shape index (κ3) is 3.54. The van der Waals surface area contributed by atoms with Crippen molar-refractivity contribution >= 4 is 5.97 Å². The fourth-order valence-electron chi connectivity index (χ4n) is 2.90. The molecule has 1 N–H and O–H groups in total. The molecule has 1 aromatic carbocycles. The number of cyclic esters (lactones) is 1. The summed E-state index contributed by atoms with van der Waals surface area (Å²) in [6, 6.07) is 0. The van der Waals surface area contributed by atoms with Crippen molar-refractivity contribution < 1.29 is 19.4 Å². The summed E-state index contributed by atoms with van der Waals surface area (Å²) in [7, 11) is 0. The summed E-state index contributed by atoms with van der Waals surface area (Å²) < 4.78 is 11.4. The minimum absolute atomic E-state index is 0.122. The molecule has 1 heterocycles. The Balaban J connectivity index is 2.36. The van der Waals surface area contributed by atoms with Crippen LogP contribution in [0.15, 0.2) is 0 Å². The predicted octanol–water partition coefficient (Wildman–Crippen LogP) is 3.74. The van der Waals surface area contributed by atoms with Crippen molar-refractivity contribution in [2.24, 2.45) is 0 Å². The van der Waals surface area contributed by atoms with Gasteiger partial charge in [0.2, 0.25) is 0 Å². The van der Waals surface area contributed by atoms with Gasteiger partial charge in [0.15, 0.2) is 0 Å². The van der Waals surface area contributed by atoms with Crippen molar-refractivity contribution in [3.63, 3.8) is 0 Å². The summed E-state index contributed by atoms with van der Waals surface area (Å²) in [4.78, 5) is 11.7. The summed E-state index contributed by atoms with van der Waals surface area (Å²) in [6.45, 7) is 8.33. The Hall–Kier alpha value is -1.71. The number of carbonyl (C=O) groups excluding carboxylic acids is 1. The van der Waals surface area contributed by atoms with Gasteiger partial charge in [0, 0.05) is 12.0 Å². The minimum Gasteiger partial charge on any atom is -0.507 e. The molecule has 122 valence electrons. The van der Waals surface area contributed by atoms with E-state index in [0.29, 0.717) is 18.8 Å². The second-order valence-electron chi connectivity index (χ2n) is 6.18. The highest BCUT2D eigenvalue weighted by Crippen LogP contribution is 2.38. The third-order valence-corrected chi connectivity index (χ3v) is 4.50. The van der Waals surface area contributed by atoms with Crippen LogP contribution in [0.5, 0.6) is 11.5 Å². The lowest BCUT2D eigenvalue weighted by molar-refractivity contribution is -0.148. The van der Waals surface area contributed by atoms with Gasteiger partial charge in [-0.25, -0.2) is 0 Å². The molecule has 1 aromatic rings. The van der Waals surface area contributed by atoms with Gasteiger partial charge in [-0.1, -0.05) is 0 Å². The Morgan fingerprint density at radius 1 is 1.05 bits per heavy atom. The van der Waals surface area contributed by atoms with Gasteiger partial charge in [0.25, 0.3) is 0 Å². The van der Waals surface area contributed by atoms with Crippen molar-refractivity contribution in [3.8, 4) is 11.5 Å². The van der Waals surface area contributed by atoms with E-state index in [-0.39, 0.29) is 12.1 Å². The van der Waals surface area contributed by atoms with Gasteiger partial charge in [-0.05, 0) is 70.1 Å². The zero-order chi connectivity index (χ0) is 16.3. The van der Waals surface area contributed by atoms with E-state index >= 15 is 0 Å². The highest BCUT2D eigenvalue weighted by atomic mass is 16.5. The number of aromatic hydroxyl groups is 1. The highest BCUT2D eigenvalue weighted by molar-refractivity contribution is 5.69. The fourth-order valence-corrected chi connectivity index (χ4v) is 2.90. The summed E-state index contributed by atoms with van der Waals surface area (Å²) in [5.41, 5.74) is 3.78. The van der Waals surface area contributed by atoms with E-state index in [0.717, 1.165) is 53.7 Å². The van der Waals surface area contributed by atoms with Gasteiger partial charge in [0.05, 0.1) is 12.7 Å². The minimum atomic E-state index is -0.132. The third-order valence-electron chi connectivity index (χ3n) is 4.50. The molecule has 0 aromatic heterocycles. The molecule has 2 rings (SSSR count). The molecule has 4 heteroatoms. The van der Waals surface area contributed by atoms with Gasteiger partial charge in [-0.15, -0.1) is 0 Å². The Bertz CT molecular complexity index is 563. The van der Waals surface area contributed by atoms with Crippen molar-refractivity contribution in [2.75, 3.05) is 6.61 Å². The van der Waals surface area contributed by atoms with E-state index in [1.165, 1.54) is 0 Å². The molecule has 0 amide bonds. The number of benzene rings is 1. The van der Waals surface area contributed by atoms with Crippen LogP contribution in [-0.2, 0) is 16.0 Å². The molecular weight excluding hydrogens is 280 g/mol. The normalized spacial score (nSPS) is 20.2. The summed E-state index contributed by atoms with van der Waals surface area (Å²) >= 11 is 0. The van der Waals surface area contributed by atoms with E-state index in [4.69, 9.17) is 9.47 Å². The monoisotopic (exact) mass is 306 g/mol. The van der Waals surface area contributed by atoms with Crippen LogP contribution in [0.25, 0.3) is 0 Å². The smallest absolute Gasteiger partial charge is 0.306 e. The standard InChI is InChI=1S/C18H26O4/c1-11-8-9-15-14(4)17(20)12(2)13(3)18(15)21-10-6-5-7-16(19)22-11/h11,20H,5-10H2,1-4H3. The van der Waals surface area contributed by atoms with Crippen LogP contribution in [0.1, 0.15) is 54.9 Å². The lowest BCUT2D eigenvalue weighted by Crippen LogP contribution is -2.17. The number of carbonyl (C=O) groups is 1. The quantitative estimate of drug-likeness (QED) is 0.742. The van der Waals surface area contributed by atoms with Crippen LogP contribution in [0, 0.1) is 20.8 Å². The number of ether oxygens (including phenoxy) is 2. The molecule has 0 bridgehead atoms. The first-order valence-corrected chi connectivity index (χ1v) is 8.05. The van der Waals surface area contributed by atoms with Crippen LogP contribution in [-0.4, -0.2) is 23.8 Å². The van der Waals surface area contributed by atoms with Gasteiger partial charge in [-0.3, -0.25) is 4.79 Å². The summed E-state index contributed by atoms with van der Waals surface area (Å²) in [6.07, 6.45) is 3.38. The number of phenolic OH excluding ortho intramolecular Hbond substituents is 1. The fraction of sp³-hybridized carbons (Fsp3) is 0.611. The molecule has 0 aliphatic carbocycles. The maximum Gasteiger partial charge on any atom is 0.306 e. The molecule has 0 saturated carbocycles. The molecule has 22 heavy (non-hydrogen) atoms. The number of rotatable bonds is 0. The lowest BCUT2D eigenvalue weighted by atomic mass is 9.93. The van der Waals surface area contributed by atoms with Crippen LogP contribution in [0.4, 0.5) is 0 Å². The first-order valence-electron chi connectivity index (χ1n) is 8.05. The number of phenols is 1. The zero-order valence-corrected chi connectivity index (χ0v) is 14.0. The molecule has 0 radical (unpaired) electrons. The van der Waals surface area contributed by atoms with Crippen LogP contribution in [0.3, 0.4) is 0 Å². The number of hydrogen-bond donors (Lipinski definition) is 1. The lowest BCUT2D eigenvalue weighted by Gasteiger charge is -2.22. The van der Waals surface area contributed by atoms with E-state index in [9.17, 15) is 9.90 Å². The van der Waals surface area contributed by atoms with Crippen molar-refractivity contribution in [3.05, 3.63) is 22.3 Å². The molecule has 0 saturated heterocycles. The maximum absolute atomic E-state index is 11.7. The van der Waals surface area contributed by atoms with Gasteiger partial charge < -0.3 is 14.6 Å². The van der Waals surface area contributed by atoms with Crippen LogP contribution >= 0.6 is 0 Å². The predicted molar refractivity (Wildman–Crippen MR) is 85.5 cm³/mol. The topological polar surface area (TPSA) is 55.8 Å². The molecule has 1 aliphatic rings. The van der Waals surface area contributed by atoms with Crippen molar-refractivity contribution in [2.45, 2.75) is 65.9 Å². The SMILES string of the molecule is Cc1c(C)c2c(c(C)c1O)CCC(C)OC(=O)CCCCO2. The van der Waals surface area contributed by atoms with Gasteiger partial charge in [-0.2, -0.15) is 0 Å². The molecule has 1 unspecified atom stereocenters. The second-order valence-corrected chi connectivity index (χ2v) is 6.18. The average molecular weight is 306 g/mol. The van der Waals surface area contributed by atoms with E-state index in [1.54, 1.807) is 0 Å². The maximum atomic E-state index is 11.7. The first-order chi connectivity index (χ1) is 10.4. The summed E-state index contributed by atoms with van der Waals surface area (Å²) in [5.74, 6) is 1.11. The molecule has 0 fully saturated rings. The highest BCUT2D eigenvalue weighted by Gasteiger charge is 2.20. The summed E-state index contributed by atoms with van der Waals surface area (Å²) in [5, 5.41) is 10.3. The largest absolute Gasteiger partial charge is 0.507 e. The van der Waals surface area contributed by atoms with E-state index < -0.39 is 0 Å². The van der Waals surface area contributed by atoms with Crippen LogP contribution in [0.2, 0.25) is 0 Å². The Labute approximate surface area is 132 Å². The molecule has 0 spiro atoms. The Morgan fingerprint density at radius 3 is 2.50 bits per heavy atom. The number of esters is 1.